The average molecular weight is 291 g/mol. The first-order chi connectivity index (χ1) is 9.83. The fraction of sp³-hybridized carbons (Fsp3) is 0.333. The van der Waals surface area contributed by atoms with Gasteiger partial charge in [0.05, 0.1) is 30.3 Å². The first kappa shape index (κ1) is 11.8. The zero-order chi connectivity index (χ0) is 13.5. The Labute approximate surface area is 119 Å². The molecule has 102 valence electrons. The SMILES string of the molecule is Clc1ncnc2[nH]c3cnc(N4CCOCC4)nc3c12. The van der Waals surface area contributed by atoms with Gasteiger partial charge in [-0.3, -0.25) is 0 Å². The lowest BCUT2D eigenvalue weighted by Gasteiger charge is -2.26. The van der Waals surface area contributed by atoms with Crippen molar-refractivity contribution in [3.63, 3.8) is 0 Å². The molecule has 1 aliphatic heterocycles. The van der Waals surface area contributed by atoms with Crippen molar-refractivity contribution in [3.05, 3.63) is 17.7 Å². The largest absolute Gasteiger partial charge is 0.378 e. The van der Waals surface area contributed by atoms with Crippen LogP contribution in [0.15, 0.2) is 12.5 Å². The number of morpholine rings is 1. The summed E-state index contributed by atoms with van der Waals surface area (Å²) in [5, 5.41) is 1.13. The summed E-state index contributed by atoms with van der Waals surface area (Å²) < 4.78 is 5.34. The van der Waals surface area contributed by atoms with E-state index in [1.165, 1.54) is 6.33 Å². The highest BCUT2D eigenvalue weighted by Gasteiger charge is 2.17. The zero-order valence-corrected chi connectivity index (χ0v) is 11.3. The second-order valence-electron chi connectivity index (χ2n) is 4.54. The fourth-order valence-corrected chi connectivity index (χ4v) is 2.59. The molecule has 1 fully saturated rings. The van der Waals surface area contributed by atoms with E-state index in [-0.39, 0.29) is 0 Å². The van der Waals surface area contributed by atoms with Crippen molar-refractivity contribution >= 4 is 39.6 Å². The number of fused-ring (bicyclic) bond motifs is 3. The predicted molar refractivity (Wildman–Crippen MR) is 75.0 cm³/mol. The summed E-state index contributed by atoms with van der Waals surface area (Å²) in [5.41, 5.74) is 2.23. The summed E-state index contributed by atoms with van der Waals surface area (Å²) in [7, 11) is 0. The van der Waals surface area contributed by atoms with Crippen LogP contribution in [0.3, 0.4) is 0 Å². The lowest BCUT2D eigenvalue weighted by molar-refractivity contribution is 0.122. The molecule has 0 aromatic carbocycles. The monoisotopic (exact) mass is 290 g/mol. The molecule has 4 heterocycles. The molecule has 3 aromatic heterocycles. The fourth-order valence-electron chi connectivity index (χ4n) is 2.37. The van der Waals surface area contributed by atoms with Crippen molar-refractivity contribution in [2.75, 3.05) is 31.2 Å². The van der Waals surface area contributed by atoms with Crippen LogP contribution in [0.1, 0.15) is 0 Å². The lowest BCUT2D eigenvalue weighted by Crippen LogP contribution is -2.37. The van der Waals surface area contributed by atoms with E-state index in [1.54, 1.807) is 6.20 Å². The second-order valence-corrected chi connectivity index (χ2v) is 4.90. The van der Waals surface area contributed by atoms with Gasteiger partial charge in [-0.1, -0.05) is 11.6 Å². The molecular weight excluding hydrogens is 280 g/mol. The molecule has 0 bridgehead atoms. The molecule has 0 unspecified atom stereocenters. The van der Waals surface area contributed by atoms with Crippen LogP contribution in [0.25, 0.3) is 22.1 Å². The molecule has 0 saturated carbocycles. The van der Waals surface area contributed by atoms with Crippen molar-refractivity contribution in [2.24, 2.45) is 0 Å². The van der Waals surface area contributed by atoms with Gasteiger partial charge in [-0.2, -0.15) is 0 Å². The average Bonchev–Trinajstić information content (AvgIpc) is 2.87. The summed E-state index contributed by atoms with van der Waals surface area (Å²) in [6, 6.07) is 0. The van der Waals surface area contributed by atoms with Gasteiger partial charge in [0.15, 0.2) is 0 Å². The van der Waals surface area contributed by atoms with Crippen LogP contribution >= 0.6 is 11.6 Å². The van der Waals surface area contributed by atoms with E-state index in [0.29, 0.717) is 30.0 Å². The number of H-pyrrole nitrogens is 1. The van der Waals surface area contributed by atoms with E-state index in [9.17, 15) is 0 Å². The number of rotatable bonds is 1. The first-order valence-electron chi connectivity index (χ1n) is 6.30. The van der Waals surface area contributed by atoms with E-state index in [0.717, 1.165) is 29.5 Å². The van der Waals surface area contributed by atoms with Gasteiger partial charge >= 0.3 is 0 Å². The first-order valence-corrected chi connectivity index (χ1v) is 6.68. The van der Waals surface area contributed by atoms with Crippen LogP contribution in [-0.2, 0) is 4.74 Å². The molecule has 20 heavy (non-hydrogen) atoms. The summed E-state index contributed by atoms with van der Waals surface area (Å²) in [6.45, 7) is 2.97. The van der Waals surface area contributed by atoms with Crippen molar-refractivity contribution in [2.45, 2.75) is 0 Å². The third kappa shape index (κ3) is 1.78. The molecule has 0 atom stereocenters. The van der Waals surface area contributed by atoms with Crippen molar-refractivity contribution in [1.82, 2.24) is 24.9 Å². The molecule has 7 nitrogen and oxygen atoms in total. The highest BCUT2D eigenvalue weighted by molar-refractivity contribution is 6.36. The number of ether oxygens (including phenoxy) is 1. The molecule has 0 radical (unpaired) electrons. The summed E-state index contributed by atoms with van der Waals surface area (Å²) >= 11 is 6.15. The highest BCUT2D eigenvalue weighted by Crippen LogP contribution is 2.28. The maximum absolute atomic E-state index is 6.15. The Morgan fingerprint density at radius 2 is 2.05 bits per heavy atom. The Morgan fingerprint density at radius 3 is 2.90 bits per heavy atom. The van der Waals surface area contributed by atoms with Crippen LogP contribution in [0, 0.1) is 0 Å². The number of halogens is 1. The van der Waals surface area contributed by atoms with Gasteiger partial charge in [0, 0.05) is 13.1 Å². The molecule has 0 spiro atoms. The van der Waals surface area contributed by atoms with E-state index < -0.39 is 0 Å². The lowest BCUT2D eigenvalue weighted by atomic mass is 10.3. The van der Waals surface area contributed by atoms with Gasteiger partial charge in [0.2, 0.25) is 5.95 Å². The second kappa shape index (κ2) is 4.53. The third-order valence-corrected chi connectivity index (χ3v) is 3.65. The van der Waals surface area contributed by atoms with Crippen LogP contribution in [-0.4, -0.2) is 51.2 Å². The Morgan fingerprint density at radius 1 is 1.20 bits per heavy atom. The quantitative estimate of drug-likeness (QED) is 0.682. The van der Waals surface area contributed by atoms with Crippen LogP contribution in [0.5, 0.6) is 0 Å². The summed E-state index contributed by atoms with van der Waals surface area (Å²) in [4.78, 5) is 22.4. The molecular formula is C12H11ClN6O. The smallest absolute Gasteiger partial charge is 0.226 e. The third-order valence-electron chi connectivity index (χ3n) is 3.36. The minimum atomic E-state index is 0.396. The van der Waals surface area contributed by atoms with Gasteiger partial charge in [0.1, 0.15) is 22.6 Å². The van der Waals surface area contributed by atoms with E-state index in [4.69, 9.17) is 16.3 Å². The van der Waals surface area contributed by atoms with E-state index >= 15 is 0 Å². The number of hydrogen-bond donors (Lipinski definition) is 1. The Balaban J connectivity index is 1.91. The summed E-state index contributed by atoms with van der Waals surface area (Å²) in [6.07, 6.45) is 3.18. The van der Waals surface area contributed by atoms with E-state index in [2.05, 4.69) is 29.8 Å². The Hall–Kier alpha value is -1.99. The zero-order valence-electron chi connectivity index (χ0n) is 10.5. The minimum Gasteiger partial charge on any atom is -0.378 e. The maximum Gasteiger partial charge on any atom is 0.226 e. The minimum absolute atomic E-state index is 0.396. The van der Waals surface area contributed by atoms with Crippen LogP contribution in [0.4, 0.5) is 5.95 Å². The van der Waals surface area contributed by atoms with Crippen molar-refractivity contribution < 1.29 is 4.74 Å². The molecule has 1 saturated heterocycles. The highest BCUT2D eigenvalue weighted by atomic mass is 35.5. The van der Waals surface area contributed by atoms with Crippen LogP contribution in [0.2, 0.25) is 5.15 Å². The molecule has 8 heteroatoms. The van der Waals surface area contributed by atoms with Gasteiger partial charge in [-0.25, -0.2) is 19.9 Å². The number of nitrogens with one attached hydrogen (secondary N) is 1. The van der Waals surface area contributed by atoms with Crippen LogP contribution < -0.4 is 4.90 Å². The normalized spacial score (nSPS) is 16.1. The predicted octanol–water partition coefficient (Wildman–Crippen LogP) is 1.39. The van der Waals surface area contributed by atoms with Gasteiger partial charge in [0.25, 0.3) is 0 Å². The molecule has 0 amide bonds. The number of aromatic nitrogens is 5. The van der Waals surface area contributed by atoms with Gasteiger partial charge < -0.3 is 14.6 Å². The molecule has 1 aliphatic rings. The van der Waals surface area contributed by atoms with Gasteiger partial charge in [-0.15, -0.1) is 0 Å². The Bertz CT molecular complexity index is 782. The standard InChI is InChI=1S/C12H11ClN6O/c13-10-8-9-7(17-11(8)16-6-15-10)5-14-12(18-9)19-1-3-20-4-2-19/h5-6H,1-4H2,(H,15,16,17). The number of nitrogens with zero attached hydrogens (tertiary/aromatic N) is 5. The molecule has 1 N–H and O–H groups in total. The number of anilines is 1. The molecule has 0 aliphatic carbocycles. The number of aromatic amines is 1. The molecule has 4 rings (SSSR count). The van der Waals surface area contributed by atoms with Gasteiger partial charge in [-0.05, 0) is 0 Å². The topological polar surface area (TPSA) is 79.8 Å². The number of hydrogen-bond acceptors (Lipinski definition) is 6. The van der Waals surface area contributed by atoms with Crippen molar-refractivity contribution in [3.8, 4) is 0 Å². The van der Waals surface area contributed by atoms with Crippen molar-refractivity contribution in [1.29, 1.82) is 0 Å². The molecule has 3 aromatic rings. The Kier molecular flexibility index (Phi) is 2.68. The maximum atomic E-state index is 6.15. The van der Waals surface area contributed by atoms with E-state index in [1.807, 2.05) is 0 Å². The summed E-state index contributed by atoms with van der Waals surface area (Å²) in [5.74, 6) is 0.682.